The molecule has 0 unspecified atom stereocenters. The Bertz CT molecular complexity index is 2770. The van der Waals surface area contributed by atoms with Crippen molar-refractivity contribution in [1.82, 2.24) is 0 Å². The van der Waals surface area contributed by atoms with E-state index < -0.39 is 5.41 Å². The fourth-order valence-electron chi connectivity index (χ4n) is 9.23. The van der Waals surface area contributed by atoms with Gasteiger partial charge in [-0.05, 0) is 123 Å². The molecule has 0 atom stereocenters. The van der Waals surface area contributed by atoms with Crippen LogP contribution in [0.1, 0.15) is 22.3 Å². The largest absolute Gasteiger partial charge is 0.0725 e. The second-order valence-electron chi connectivity index (χ2n) is 13.6. The van der Waals surface area contributed by atoms with Crippen LogP contribution in [-0.4, -0.2) is 0 Å². The molecular weight excluding hydrogens is 589 g/mol. The number of hydrogen-bond donors (Lipinski definition) is 0. The molecule has 0 nitrogen and oxygen atoms in total. The lowest BCUT2D eigenvalue weighted by molar-refractivity contribution is 0.795. The van der Waals surface area contributed by atoms with E-state index in [0.717, 1.165) is 0 Å². The summed E-state index contributed by atoms with van der Waals surface area (Å²) in [6.07, 6.45) is 0. The van der Waals surface area contributed by atoms with Crippen LogP contribution in [0.5, 0.6) is 0 Å². The van der Waals surface area contributed by atoms with E-state index in [4.69, 9.17) is 0 Å². The predicted molar refractivity (Wildman–Crippen MR) is 206 cm³/mol. The van der Waals surface area contributed by atoms with E-state index in [1.54, 1.807) is 0 Å². The van der Waals surface area contributed by atoms with Gasteiger partial charge in [0, 0.05) is 0 Å². The Balaban J connectivity index is 1.26. The van der Waals surface area contributed by atoms with Gasteiger partial charge in [0.15, 0.2) is 0 Å². The Labute approximate surface area is 285 Å². The van der Waals surface area contributed by atoms with Gasteiger partial charge >= 0.3 is 0 Å². The van der Waals surface area contributed by atoms with Crippen molar-refractivity contribution < 1.29 is 0 Å². The SMILES string of the molecule is c1ccc(-c2cccc(-c3ccc4c(c3)-c3cc5c6ccccc6c6ccccc6c5cc3C43c4ccccc4-c4ccccc43)c2)cc1. The van der Waals surface area contributed by atoms with Gasteiger partial charge in [-0.1, -0.05) is 158 Å². The van der Waals surface area contributed by atoms with Gasteiger partial charge in [-0.15, -0.1) is 0 Å². The van der Waals surface area contributed by atoms with Crippen LogP contribution in [0.4, 0.5) is 0 Å². The second-order valence-corrected chi connectivity index (χ2v) is 13.6. The number of fused-ring (bicyclic) bond motifs is 16. The van der Waals surface area contributed by atoms with Gasteiger partial charge in [-0.25, -0.2) is 0 Å². The summed E-state index contributed by atoms with van der Waals surface area (Å²) in [4.78, 5) is 0. The molecule has 0 heteroatoms. The van der Waals surface area contributed by atoms with E-state index in [0.29, 0.717) is 0 Å². The first-order valence-electron chi connectivity index (χ1n) is 17.2. The summed E-state index contributed by atoms with van der Waals surface area (Å²) in [6.45, 7) is 0. The quantitative estimate of drug-likeness (QED) is 0.169. The van der Waals surface area contributed by atoms with E-state index in [1.165, 1.54) is 99.1 Å². The van der Waals surface area contributed by atoms with Crippen LogP contribution in [0.2, 0.25) is 0 Å². The first kappa shape index (κ1) is 26.8. The third-order valence-corrected chi connectivity index (χ3v) is 11.3. The summed E-state index contributed by atoms with van der Waals surface area (Å²) in [5.74, 6) is 0. The summed E-state index contributed by atoms with van der Waals surface area (Å²) >= 11 is 0. The third-order valence-electron chi connectivity index (χ3n) is 11.3. The molecule has 9 aromatic carbocycles. The molecule has 0 radical (unpaired) electrons. The summed E-state index contributed by atoms with van der Waals surface area (Å²) in [6, 6.07) is 68.0. The minimum atomic E-state index is -0.400. The Hall–Kier alpha value is -6.24. The Morgan fingerprint density at radius 1 is 0.224 bits per heavy atom. The van der Waals surface area contributed by atoms with Crippen molar-refractivity contribution in [3.8, 4) is 44.5 Å². The Kier molecular flexibility index (Phi) is 5.41. The van der Waals surface area contributed by atoms with E-state index >= 15 is 0 Å². The monoisotopic (exact) mass is 618 g/mol. The van der Waals surface area contributed by atoms with Crippen molar-refractivity contribution in [2.24, 2.45) is 0 Å². The van der Waals surface area contributed by atoms with Crippen LogP contribution in [0.15, 0.2) is 182 Å². The molecule has 0 N–H and O–H groups in total. The maximum atomic E-state index is 2.55. The molecule has 11 rings (SSSR count). The van der Waals surface area contributed by atoms with Gasteiger partial charge in [0.1, 0.15) is 0 Å². The Morgan fingerprint density at radius 3 is 1.33 bits per heavy atom. The van der Waals surface area contributed by atoms with Crippen molar-refractivity contribution in [1.29, 1.82) is 0 Å². The van der Waals surface area contributed by atoms with Crippen LogP contribution < -0.4 is 0 Å². The third kappa shape index (κ3) is 3.53. The summed E-state index contributed by atoms with van der Waals surface area (Å²) in [5.41, 5.74) is 15.4. The predicted octanol–water partition coefficient (Wildman–Crippen LogP) is 12.8. The summed E-state index contributed by atoms with van der Waals surface area (Å²) in [5, 5.41) is 7.86. The minimum Gasteiger partial charge on any atom is -0.0622 e. The smallest absolute Gasteiger partial charge is 0.0622 e. The highest BCUT2D eigenvalue weighted by Crippen LogP contribution is 2.63. The second kappa shape index (κ2) is 9.89. The lowest BCUT2D eigenvalue weighted by atomic mass is 9.70. The number of benzene rings is 9. The molecule has 2 aliphatic rings. The molecule has 0 aromatic heterocycles. The van der Waals surface area contributed by atoms with Gasteiger partial charge < -0.3 is 0 Å². The zero-order valence-electron chi connectivity index (χ0n) is 26.8. The zero-order valence-corrected chi connectivity index (χ0v) is 26.8. The highest BCUT2D eigenvalue weighted by molar-refractivity contribution is 6.26. The fraction of sp³-hybridized carbons (Fsp3) is 0.0204. The van der Waals surface area contributed by atoms with E-state index in [-0.39, 0.29) is 0 Å². The van der Waals surface area contributed by atoms with Crippen LogP contribution in [0, 0.1) is 0 Å². The lowest BCUT2D eigenvalue weighted by Crippen LogP contribution is -2.25. The summed E-state index contributed by atoms with van der Waals surface area (Å²) in [7, 11) is 0. The van der Waals surface area contributed by atoms with Crippen LogP contribution in [-0.2, 0) is 5.41 Å². The van der Waals surface area contributed by atoms with Crippen LogP contribution in [0.3, 0.4) is 0 Å². The van der Waals surface area contributed by atoms with E-state index in [2.05, 4.69) is 182 Å². The van der Waals surface area contributed by atoms with Crippen molar-refractivity contribution in [2.75, 3.05) is 0 Å². The number of rotatable bonds is 2. The topological polar surface area (TPSA) is 0 Å². The van der Waals surface area contributed by atoms with Crippen molar-refractivity contribution in [3.05, 3.63) is 204 Å². The van der Waals surface area contributed by atoms with E-state index in [1.807, 2.05) is 0 Å². The molecule has 0 heterocycles. The molecule has 0 bridgehead atoms. The maximum Gasteiger partial charge on any atom is 0.0725 e. The minimum absolute atomic E-state index is 0.400. The fourth-order valence-corrected chi connectivity index (χ4v) is 9.23. The molecule has 1 spiro atoms. The van der Waals surface area contributed by atoms with Crippen molar-refractivity contribution >= 4 is 32.3 Å². The van der Waals surface area contributed by atoms with Gasteiger partial charge in [-0.2, -0.15) is 0 Å². The molecule has 49 heavy (non-hydrogen) atoms. The van der Waals surface area contributed by atoms with Gasteiger partial charge in [0.05, 0.1) is 5.41 Å². The van der Waals surface area contributed by atoms with Gasteiger partial charge in [0.2, 0.25) is 0 Å². The highest BCUT2D eigenvalue weighted by atomic mass is 14.5. The van der Waals surface area contributed by atoms with Crippen molar-refractivity contribution in [3.63, 3.8) is 0 Å². The van der Waals surface area contributed by atoms with Gasteiger partial charge in [-0.3, -0.25) is 0 Å². The average Bonchev–Trinajstić information content (AvgIpc) is 3.64. The molecule has 0 aliphatic heterocycles. The normalized spacial score (nSPS) is 13.5. The number of hydrogen-bond acceptors (Lipinski definition) is 0. The maximum absolute atomic E-state index is 2.55. The van der Waals surface area contributed by atoms with Crippen LogP contribution in [0.25, 0.3) is 76.8 Å². The van der Waals surface area contributed by atoms with E-state index in [9.17, 15) is 0 Å². The zero-order chi connectivity index (χ0) is 32.1. The van der Waals surface area contributed by atoms with Crippen LogP contribution >= 0.6 is 0 Å². The molecule has 0 saturated carbocycles. The van der Waals surface area contributed by atoms with Crippen molar-refractivity contribution in [2.45, 2.75) is 5.41 Å². The molecule has 0 saturated heterocycles. The first-order valence-corrected chi connectivity index (χ1v) is 17.2. The molecule has 0 amide bonds. The molecule has 226 valence electrons. The summed E-state index contributed by atoms with van der Waals surface area (Å²) < 4.78 is 0. The molecule has 0 fully saturated rings. The Morgan fingerprint density at radius 2 is 0.673 bits per heavy atom. The first-order chi connectivity index (χ1) is 24.3. The molecular formula is C49H30. The van der Waals surface area contributed by atoms with Gasteiger partial charge in [0.25, 0.3) is 0 Å². The lowest BCUT2D eigenvalue weighted by Gasteiger charge is -2.31. The average molecular weight is 619 g/mol. The highest BCUT2D eigenvalue weighted by Gasteiger charge is 2.51. The standard InChI is InChI=1S/C49H30/c1-2-13-31(14-3-1)32-15-12-16-33(27-32)34-25-26-47-43(28-34)44-29-41-37-19-6-4-17-35(37)36-18-5-7-20-38(36)42(41)30-48(44)49(47)45-23-10-8-21-39(45)40-22-9-11-24-46(40)49/h1-30H. The molecule has 2 aliphatic carbocycles. The molecule has 9 aromatic rings.